The standard InChI is InChI=1S/C28H34F2N2O3/c1-4-28(30,5-2)19-32-13-11-20(12-14-32)18-35-23-8-10-24(22(15-23)17-31)21-7-9-25(26(29)16-21)27(33)34-6-3/h7-10,15-16,20H,4-6,11-14,18-19H2,1-3H3. The van der Waals surface area contributed by atoms with E-state index in [1.807, 2.05) is 13.8 Å². The summed E-state index contributed by atoms with van der Waals surface area (Å²) < 4.78 is 40.0. The van der Waals surface area contributed by atoms with Crippen molar-refractivity contribution in [2.75, 3.05) is 32.8 Å². The summed E-state index contributed by atoms with van der Waals surface area (Å²) in [6.07, 6.45) is 2.95. The van der Waals surface area contributed by atoms with E-state index in [1.165, 1.54) is 12.1 Å². The molecule has 3 rings (SSSR count). The Morgan fingerprint density at radius 3 is 2.46 bits per heavy atom. The Kier molecular flexibility index (Phi) is 9.22. The molecule has 0 radical (unpaired) electrons. The average Bonchev–Trinajstić information content (AvgIpc) is 2.88. The van der Waals surface area contributed by atoms with Gasteiger partial charge in [0.05, 0.1) is 30.4 Å². The lowest BCUT2D eigenvalue weighted by Crippen LogP contribution is -2.44. The molecule has 7 heteroatoms. The molecule has 2 aromatic carbocycles. The van der Waals surface area contributed by atoms with Crippen LogP contribution in [0.4, 0.5) is 8.78 Å². The van der Waals surface area contributed by atoms with Gasteiger partial charge in [-0.05, 0) is 93.1 Å². The minimum absolute atomic E-state index is 0.137. The zero-order valence-electron chi connectivity index (χ0n) is 20.8. The third-order valence-corrected chi connectivity index (χ3v) is 6.85. The SMILES string of the molecule is CCOC(=O)c1ccc(-c2ccc(OCC3CCN(CC(F)(CC)CC)CC3)cc2C#N)cc1F. The van der Waals surface area contributed by atoms with Gasteiger partial charge in [-0.1, -0.05) is 19.9 Å². The summed E-state index contributed by atoms with van der Waals surface area (Å²) in [6.45, 7) is 8.36. The van der Waals surface area contributed by atoms with Crippen molar-refractivity contribution in [3.63, 3.8) is 0 Å². The second-order valence-electron chi connectivity index (χ2n) is 9.12. The monoisotopic (exact) mass is 484 g/mol. The van der Waals surface area contributed by atoms with Crippen molar-refractivity contribution in [1.82, 2.24) is 4.90 Å². The highest BCUT2D eigenvalue weighted by Gasteiger charge is 2.30. The number of hydrogen-bond acceptors (Lipinski definition) is 5. The second-order valence-corrected chi connectivity index (χ2v) is 9.12. The van der Waals surface area contributed by atoms with Crippen LogP contribution < -0.4 is 4.74 Å². The smallest absolute Gasteiger partial charge is 0.341 e. The van der Waals surface area contributed by atoms with E-state index in [4.69, 9.17) is 9.47 Å². The first-order valence-corrected chi connectivity index (χ1v) is 12.4. The van der Waals surface area contributed by atoms with Gasteiger partial charge in [0.15, 0.2) is 0 Å². The summed E-state index contributed by atoms with van der Waals surface area (Å²) in [4.78, 5) is 14.0. The van der Waals surface area contributed by atoms with Crippen LogP contribution >= 0.6 is 0 Å². The van der Waals surface area contributed by atoms with E-state index in [2.05, 4.69) is 11.0 Å². The number of hydrogen-bond donors (Lipinski definition) is 0. The fourth-order valence-corrected chi connectivity index (χ4v) is 4.41. The predicted molar refractivity (Wildman–Crippen MR) is 132 cm³/mol. The maximum atomic E-state index is 14.7. The number of nitriles is 1. The number of ether oxygens (including phenoxy) is 2. The average molecular weight is 485 g/mol. The number of alkyl halides is 1. The number of likely N-dealkylation sites (tertiary alicyclic amines) is 1. The molecule has 0 amide bonds. The van der Waals surface area contributed by atoms with Crippen LogP contribution in [0.15, 0.2) is 36.4 Å². The van der Waals surface area contributed by atoms with E-state index >= 15 is 0 Å². The number of nitrogens with zero attached hydrogens (tertiary/aromatic N) is 2. The van der Waals surface area contributed by atoms with Gasteiger partial charge in [0, 0.05) is 6.54 Å². The predicted octanol–water partition coefficient (Wildman–Crippen LogP) is 6.16. The Balaban J connectivity index is 1.60. The van der Waals surface area contributed by atoms with Crippen molar-refractivity contribution in [2.45, 2.75) is 52.1 Å². The van der Waals surface area contributed by atoms with Crippen LogP contribution in [-0.4, -0.2) is 49.4 Å². The molecule has 1 aliphatic heterocycles. The fourth-order valence-electron chi connectivity index (χ4n) is 4.41. The summed E-state index contributed by atoms with van der Waals surface area (Å²) in [5.41, 5.74) is 0.166. The number of benzene rings is 2. The van der Waals surface area contributed by atoms with Crippen molar-refractivity contribution in [2.24, 2.45) is 5.92 Å². The van der Waals surface area contributed by atoms with Crippen LogP contribution in [0.3, 0.4) is 0 Å². The third kappa shape index (κ3) is 6.79. The molecular weight excluding hydrogens is 450 g/mol. The third-order valence-electron chi connectivity index (χ3n) is 6.85. The van der Waals surface area contributed by atoms with E-state index in [0.717, 1.165) is 25.9 Å². The van der Waals surface area contributed by atoms with Crippen molar-refractivity contribution >= 4 is 5.97 Å². The molecule has 0 atom stereocenters. The van der Waals surface area contributed by atoms with Crippen molar-refractivity contribution in [3.8, 4) is 22.9 Å². The molecule has 0 saturated carbocycles. The molecule has 0 N–H and O–H groups in total. The molecular formula is C28H34F2N2O3. The van der Waals surface area contributed by atoms with Gasteiger partial charge in [-0.3, -0.25) is 0 Å². The van der Waals surface area contributed by atoms with Crippen LogP contribution in [0.25, 0.3) is 11.1 Å². The highest BCUT2D eigenvalue weighted by Crippen LogP contribution is 2.30. The minimum atomic E-state index is -1.11. The highest BCUT2D eigenvalue weighted by atomic mass is 19.1. The van der Waals surface area contributed by atoms with Crippen LogP contribution in [-0.2, 0) is 4.74 Å². The van der Waals surface area contributed by atoms with E-state index in [9.17, 15) is 18.8 Å². The lowest BCUT2D eigenvalue weighted by molar-refractivity contribution is 0.0520. The van der Waals surface area contributed by atoms with Gasteiger partial charge in [0.25, 0.3) is 0 Å². The molecule has 1 saturated heterocycles. The second kappa shape index (κ2) is 12.1. The van der Waals surface area contributed by atoms with Gasteiger partial charge in [0.2, 0.25) is 0 Å². The molecule has 0 bridgehead atoms. The number of carbonyl (C=O) groups excluding carboxylic acids is 1. The molecule has 0 spiro atoms. The van der Waals surface area contributed by atoms with Crippen molar-refractivity contribution in [3.05, 3.63) is 53.3 Å². The Morgan fingerprint density at radius 2 is 1.86 bits per heavy atom. The molecule has 1 fully saturated rings. The normalized spacial score (nSPS) is 15.0. The van der Waals surface area contributed by atoms with Crippen molar-refractivity contribution in [1.29, 1.82) is 5.26 Å². The maximum absolute atomic E-state index is 14.7. The quantitative estimate of drug-likeness (QED) is 0.378. The molecule has 188 valence electrons. The lowest BCUT2D eigenvalue weighted by Gasteiger charge is -2.36. The van der Waals surface area contributed by atoms with Gasteiger partial charge < -0.3 is 14.4 Å². The first-order chi connectivity index (χ1) is 16.8. The zero-order valence-corrected chi connectivity index (χ0v) is 20.8. The topological polar surface area (TPSA) is 62.6 Å². The molecule has 0 aliphatic carbocycles. The van der Waals surface area contributed by atoms with Gasteiger partial charge in [-0.15, -0.1) is 0 Å². The number of carbonyl (C=O) groups is 1. The Hall–Kier alpha value is -2.98. The maximum Gasteiger partial charge on any atom is 0.341 e. The van der Waals surface area contributed by atoms with E-state index in [1.54, 1.807) is 31.2 Å². The Bertz CT molecular complexity index is 1050. The van der Waals surface area contributed by atoms with E-state index in [-0.39, 0.29) is 12.2 Å². The minimum Gasteiger partial charge on any atom is -0.493 e. The van der Waals surface area contributed by atoms with E-state index < -0.39 is 17.5 Å². The molecule has 35 heavy (non-hydrogen) atoms. The van der Waals surface area contributed by atoms with Gasteiger partial charge >= 0.3 is 5.97 Å². The molecule has 5 nitrogen and oxygen atoms in total. The molecule has 0 unspecified atom stereocenters. The number of rotatable bonds is 10. The lowest BCUT2D eigenvalue weighted by atomic mass is 9.94. The van der Waals surface area contributed by atoms with Crippen LogP contribution in [0.1, 0.15) is 62.4 Å². The summed E-state index contributed by atoms with van der Waals surface area (Å²) in [5, 5.41) is 9.66. The van der Waals surface area contributed by atoms with E-state index in [0.29, 0.717) is 54.4 Å². The molecule has 1 aliphatic rings. The Labute approximate surface area is 206 Å². The van der Waals surface area contributed by atoms with Gasteiger partial charge in [-0.2, -0.15) is 5.26 Å². The van der Waals surface area contributed by atoms with Gasteiger partial charge in [-0.25, -0.2) is 13.6 Å². The first kappa shape index (κ1) is 26.6. The molecule has 0 aromatic heterocycles. The fraction of sp³-hybridized carbons (Fsp3) is 0.500. The highest BCUT2D eigenvalue weighted by molar-refractivity contribution is 5.90. The number of esters is 1. The number of piperidine rings is 1. The van der Waals surface area contributed by atoms with Gasteiger partial charge in [0.1, 0.15) is 17.2 Å². The molecule has 1 heterocycles. The zero-order chi connectivity index (χ0) is 25.4. The van der Waals surface area contributed by atoms with Crippen LogP contribution in [0, 0.1) is 23.1 Å². The number of halogens is 2. The summed E-state index contributed by atoms with van der Waals surface area (Å²) >= 11 is 0. The summed E-state index contributed by atoms with van der Waals surface area (Å²) in [5.74, 6) is -0.458. The Morgan fingerprint density at radius 1 is 1.14 bits per heavy atom. The van der Waals surface area contributed by atoms with Crippen LogP contribution in [0.5, 0.6) is 5.75 Å². The summed E-state index contributed by atoms with van der Waals surface area (Å²) in [6, 6.07) is 11.5. The summed E-state index contributed by atoms with van der Waals surface area (Å²) in [7, 11) is 0. The molecule has 2 aromatic rings. The van der Waals surface area contributed by atoms with Crippen LogP contribution in [0.2, 0.25) is 0 Å². The van der Waals surface area contributed by atoms with Crippen molar-refractivity contribution < 1.29 is 23.0 Å². The largest absolute Gasteiger partial charge is 0.493 e. The first-order valence-electron chi connectivity index (χ1n) is 12.4.